The lowest BCUT2D eigenvalue weighted by Gasteiger charge is -2.25. The molecule has 3 rings (SSSR count). The van der Waals surface area contributed by atoms with E-state index in [1.165, 1.54) is 14.0 Å². The highest BCUT2D eigenvalue weighted by atomic mass is 16.5. The van der Waals surface area contributed by atoms with Gasteiger partial charge in [0.15, 0.2) is 17.3 Å². The molecule has 7 heteroatoms. The maximum absolute atomic E-state index is 11.5. The highest BCUT2D eigenvalue weighted by Gasteiger charge is 2.17. The Morgan fingerprint density at radius 1 is 1.10 bits per heavy atom. The van der Waals surface area contributed by atoms with Crippen LogP contribution < -0.4 is 9.47 Å². The molecule has 0 radical (unpaired) electrons. The van der Waals surface area contributed by atoms with Gasteiger partial charge in [-0.05, 0) is 43.3 Å². The first-order valence-corrected chi connectivity index (χ1v) is 9.97. The third-order valence-electron chi connectivity index (χ3n) is 4.82. The van der Waals surface area contributed by atoms with Gasteiger partial charge in [0.25, 0.3) is 0 Å². The number of aromatic hydroxyl groups is 1. The Balaban J connectivity index is 1.65. The van der Waals surface area contributed by atoms with Crippen molar-refractivity contribution in [1.29, 1.82) is 0 Å². The van der Waals surface area contributed by atoms with E-state index in [9.17, 15) is 15.0 Å². The minimum absolute atomic E-state index is 0.0329. The number of benzene rings is 2. The molecule has 1 aromatic heterocycles. The molecule has 0 fully saturated rings. The molecule has 0 spiro atoms. The van der Waals surface area contributed by atoms with Crippen LogP contribution in [0.5, 0.6) is 17.2 Å². The van der Waals surface area contributed by atoms with Crippen LogP contribution >= 0.6 is 0 Å². The van der Waals surface area contributed by atoms with Gasteiger partial charge in [-0.1, -0.05) is 18.2 Å². The molecule has 0 aliphatic rings. The summed E-state index contributed by atoms with van der Waals surface area (Å²) in [5.74, 6) is 1.77. The van der Waals surface area contributed by atoms with Crippen molar-refractivity contribution >= 4 is 5.78 Å². The van der Waals surface area contributed by atoms with Crippen molar-refractivity contribution in [1.82, 2.24) is 4.90 Å². The van der Waals surface area contributed by atoms with Gasteiger partial charge in [-0.3, -0.25) is 9.69 Å². The van der Waals surface area contributed by atoms with Crippen LogP contribution in [0.2, 0.25) is 0 Å². The van der Waals surface area contributed by atoms with E-state index in [4.69, 9.17) is 13.9 Å². The van der Waals surface area contributed by atoms with Crippen LogP contribution in [-0.2, 0) is 13.1 Å². The Labute approximate surface area is 181 Å². The molecule has 0 aliphatic heterocycles. The van der Waals surface area contributed by atoms with Gasteiger partial charge in [-0.15, -0.1) is 0 Å². The van der Waals surface area contributed by atoms with Crippen LogP contribution in [0.1, 0.15) is 28.6 Å². The summed E-state index contributed by atoms with van der Waals surface area (Å²) in [4.78, 5) is 13.5. The van der Waals surface area contributed by atoms with Gasteiger partial charge in [0.1, 0.15) is 24.2 Å². The quantitative estimate of drug-likeness (QED) is 0.453. The average Bonchev–Trinajstić information content (AvgIpc) is 3.26. The van der Waals surface area contributed by atoms with Crippen LogP contribution in [0, 0.1) is 0 Å². The number of methoxy groups -OCH3 is 1. The number of carbonyl (C=O) groups is 1. The van der Waals surface area contributed by atoms with E-state index < -0.39 is 6.10 Å². The van der Waals surface area contributed by atoms with E-state index in [1.54, 1.807) is 36.6 Å². The van der Waals surface area contributed by atoms with Gasteiger partial charge in [0.05, 0.1) is 19.9 Å². The van der Waals surface area contributed by atoms with E-state index >= 15 is 0 Å². The van der Waals surface area contributed by atoms with E-state index in [1.807, 2.05) is 29.2 Å². The number of Topliss-reactive ketones (excluding diaryl/α,β-unsaturated/α-hetero) is 1. The molecule has 0 saturated carbocycles. The van der Waals surface area contributed by atoms with Gasteiger partial charge >= 0.3 is 0 Å². The molecule has 164 valence electrons. The molecule has 0 unspecified atom stereocenters. The number of nitrogens with zero attached hydrogens (tertiary/aromatic N) is 1. The molecule has 2 N–H and O–H groups in total. The monoisotopic (exact) mass is 425 g/mol. The van der Waals surface area contributed by atoms with Crippen LogP contribution in [-0.4, -0.2) is 47.3 Å². The Bertz CT molecular complexity index is 985. The third kappa shape index (κ3) is 6.34. The number of hydrogen-bond donors (Lipinski definition) is 2. The SMILES string of the molecule is COc1cc(C(C)=O)ccc1OC[C@H](O)CN(Cc1ccco1)Cc1ccccc1O. The lowest BCUT2D eigenvalue weighted by atomic mass is 10.1. The Hall–Kier alpha value is -3.29. The van der Waals surface area contributed by atoms with Crippen molar-refractivity contribution in [2.75, 3.05) is 20.3 Å². The fourth-order valence-corrected chi connectivity index (χ4v) is 3.24. The number of hydrogen-bond acceptors (Lipinski definition) is 7. The fraction of sp³-hybridized carbons (Fsp3) is 0.292. The Morgan fingerprint density at radius 2 is 1.90 bits per heavy atom. The summed E-state index contributed by atoms with van der Waals surface area (Å²) < 4.78 is 16.5. The Kier molecular flexibility index (Phi) is 7.70. The standard InChI is InChI=1S/C24H27NO6/c1-17(26)18-9-10-23(24(12-18)29-2)31-16-20(27)14-25(15-21-7-5-11-30-21)13-19-6-3-4-8-22(19)28/h3-12,20,27-28H,13-16H2,1-2H3/t20-/m1/s1. The number of ether oxygens (including phenoxy) is 2. The number of phenolic OH excluding ortho intramolecular Hbond substituents is 1. The number of ketones is 1. The van der Waals surface area contributed by atoms with Crippen molar-refractivity contribution < 1.29 is 28.9 Å². The zero-order chi connectivity index (χ0) is 22.2. The summed E-state index contributed by atoms with van der Waals surface area (Å²) in [5.41, 5.74) is 1.28. The van der Waals surface area contributed by atoms with Gasteiger partial charge in [0, 0.05) is 24.2 Å². The summed E-state index contributed by atoms with van der Waals surface area (Å²) in [6.07, 6.45) is 0.794. The number of aliphatic hydroxyl groups is 1. The lowest BCUT2D eigenvalue weighted by Crippen LogP contribution is -2.35. The number of furan rings is 1. The summed E-state index contributed by atoms with van der Waals surface area (Å²) in [5, 5.41) is 20.7. The molecule has 0 bridgehead atoms. The van der Waals surface area contributed by atoms with Crippen molar-refractivity contribution in [2.24, 2.45) is 0 Å². The lowest BCUT2D eigenvalue weighted by molar-refractivity contribution is 0.0593. The minimum Gasteiger partial charge on any atom is -0.508 e. The van der Waals surface area contributed by atoms with Crippen molar-refractivity contribution in [3.63, 3.8) is 0 Å². The Morgan fingerprint density at radius 3 is 2.58 bits per heavy atom. The minimum atomic E-state index is -0.807. The molecule has 2 aromatic carbocycles. The first-order chi connectivity index (χ1) is 15.0. The highest BCUT2D eigenvalue weighted by Crippen LogP contribution is 2.28. The summed E-state index contributed by atoms with van der Waals surface area (Å²) in [6.45, 7) is 2.71. The number of aliphatic hydroxyl groups excluding tert-OH is 1. The summed E-state index contributed by atoms with van der Waals surface area (Å²) >= 11 is 0. The van der Waals surface area contributed by atoms with Crippen LogP contribution in [0.4, 0.5) is 0 Å². The fourth-order valence-electron chi connectivity index (χ4n) is 3.24. The number of para-hydroxylation sites is 1. The van der Waals surface area contributed by atoms with Crippen molar-refractivity contribution in [2.45, 2.75) is 26.1 Å². The molecule has 31 heavy (non-hydrogen) atoms. The van der Waals surface area contributed by atoms with E-state index in [0.717, 1.165) is 11.3 Å². The van der Waals surface area contributed by atoms with Gasteiger partial charge in [-0.2, -0.15) is 0 Å². The highest BCUT2D eigenvalue weighted by molar-refractivity contribution is 5.94. The average molecular weight is 425 g/mol. The van der Waals surface area contributed by atoms with Crippen molar-refractivity contribution in [3.8, 4) is 17.2 Å². The zero-order valence-corrected chi connectivity index (χ0v) is 17.7. The topological polar surface area (TPSA) is 92.4 Å². The van der Waals surface area contributed by atoms with Crippen molar-refractivity contribution in [3.05, 3.63) is 77.7 Å². The second kappa shape index (κ2) is 10.7. The first kappa shape index (κ1) is 22.4. The molecule has 0 saturated heterocycles. The molecular formula is C24H27NO6. The second-order valence-electron chi connectivity index (χ2n) is 7.26. The van der Waals surface area contributed by atoms with Crippen LogP contribution in [0.25, 0.3) is 0 Å². The molecule has 0 aliphatic carbocycles. The smallest absolute Gasteiger partial charge is 0.161 e. The molecule has 0 amide bonds. The van der Waals surface area contributed by atoms with Gasteiger partial charge in [-0.25, -0.2) is 0 Å². The summed E-state index contributed by atoms with van der Waals surface area (Å²) in [6, 6.07) is 15.7. The van der Waals surface area contributed by atoms with E-state index in [2.05, 4.69) is 0 Å². The molecule has 3 aromatic rings. The van der Waals surface area contributed by atoms with Gasteiger partial charge < -0.3 is 24.1 Å². The molecule has 7 nitrogen and oxygen atoms in total. The largest absolute Gasteiger partial charge is 0.508 e. The number of phenols is 1. The molecular weight excluding hydrogens is 398 g/mol. The molecule has 1 atom stereocenters. The van der Waals surface area contributed by atoms with Gasteiger partial charge in [0.2, 0.25) is 0 Å². The maximum Gasteiger partial charge on any atom is 0.161 e. The van der Waals surface area contributed by atoms with Crippen LogP contribution in [0.3, 0.4) is 0 Å². The number of carbonyl (C=O) groups excluding carboxylic acids is 1. The summed E-state index contributed by atoms with van der Waals surface area (Å²) in [7, 11) is 1.50. The third-order valence-corrected chi connectivity index (χ3v) is 4.82. The first-order valence-electron chi connectivity index (χ1n) is 9.97. The van der Waals surface area contributed by atoms with E-state index in [0.29, 0.717) is 36.7 Å². The van der Waals surface area contributed by atoms with E-state index in [-0.39, 0.29) is 18.1 Å². The zero-order valence-electron chi connectivity index (χ0n) is 17.7. The van der Waals surface area contributed by atoms with Crippen LogP contribution in [0.15, 0.2) is 65.3 Å². The predicted octanol–water partition coefficient (Wildman–Crippen LogP) is 3.64. The predicted molar refractivity (Wildman–Crippen MR) is 115 cm³/mol. The molecule has 1 heterocycles. The number of rotatable bonds is 11. The maximum atomic E-state index is 11.5. The normalized spacial score (nSPS) is 12.0. The second-order valence-corrected chi connectivity index (χ2v) is 7.26.